The lowest BCUT2D eigenvalue weighted by atomic mass is 10.1. The molecule has 0 saturated heterocycles. The van der Waals surface area contributed by atoms with Crippen LogP contribution in [0.5, 0.6) is 0 Å². The van der Waals surface area contributed by atoms with Crippen LogP contribution in [0, 0.1) is 17.7 Å². The van der Waals surface area contributed by atoms with E-state index in [1.54, 1.807) is 13.0 Å². The molecule has 0 unspecified atom stereocenters. The molecule has 0 spiro atoms. The molecule has 1 N–H and O–H groups in total. The minimum Gasteiger partial charge on any atom is -0.392 e. The highest BCUT2D eigenvalue weighted by atomic mass is 19.1. The Morgan fingerprint density at radius 1 is 1.50 bits per heavy atom. The molecule has 1 nitrogen and oxygen atoms in total. The predicted molar refractivity (Wildman–Crippen MR) is 44.9 cm³/mol. The molecule has 0 aliphatic rings. The Bertz CT molecular complexity index is 333. The van der Waals surface area contributed by atoms with Crippen LogP contribution in [-0.4, -0.2) is 5.11 Å². The van der Waals surface area contributed by atoms with E-state index in [1.807, 2.05) is 0 Å². The molecular formula is C10H9FO. The molecule has 0 fully saturated rings. The lowest BCUT2D eigenvalue weighted by molar-refractivity contribution is 0.281. The van der Waals surface area contributed by atoms with Crippen molar-refractivity contribution in [3.05, 3.63) is 35.1 Å². The van der Waals surface area contributed by atoms with Crippen molar-refractivity contribution in [1.82, 2.24) is 0 Å². The van der Waals surface area contributed by atoms with E-state index in [2.05, 4.69) is 11.8 Å². The minimum absolute atomic E-state index is 0.179. The van der Waals surface area contributed by atoms with Gasteiger partial charge in [-0.15, -0.1) is 5.92 Å². The summed E-state index contributed by atoms with van der Waals surface area (Å²) in [7, 11) is 0. The SMILES string of the molecule is CC#Cc1ccc(F)cc1CO. The molecule has 1 aromatic carbocycles. The topological polar surface area (TPSA) is 20.2 Å². The van der Waals surface area contributed by atoms with Gasteiger partial charge in [0.15, 0.2) is 0 Å². The van der Waals surface area contributed by atoms with Crippen molar-refractivity contribution in [2.75, 3.05) is 0 Å². The first-order valence-corrected chi connectivity index (χ1v) is 3.60. The number of hydrogen-bond acceptors (Lipinski definition) is 1. The van der Waals surface area contributed by atoms with Crippen LogP contribution in [0.3, 0.4) is 0 Å². The first-order chi connectivity index (χ1) is 5.77. The summed E-state index contributed by atoms with van der Waals surface area (Å²) in [5, 5.41) is 8.84. The summed E-state index contributed by atoms with van der Waals surface area (Å²) >= 11 is 0. The standard InChI is InChI=1S/C10H9FO/c1-2-3-8-4-5-10(11)6-9(8)7-12/h4-6,12H,7H2,1H3. The van der Waals surface area contributed by atoms with Crippen molar-refractivity contribution in [3.8, 4) is 11.8 Å². The van der Waals surface area contributed by atoms with Crippen LogP contribution in [0.25, 0.3) is 0 Å². The van der Waals surface area contributed by atoms with Crippen molar-refractivity contribution in [2.45, 2.75) is 13.5 Å². The van der Waals surface area contributed by atoms with Crippen LogP contribution < -0.4 is 0 Å². The van der Waals surface area contributed by atoms with Crippen LogP contribution in [0.2, 0.25) is 0 Å². The highest BCUT2D eigenvalue weighted by molar-refractivity contribution is 5.40. The van der Waals surface area contributed by atoms with E-state index in [0.29, 0.717) is 11.1 Å². The molecule has 0 aromatic heterocycles. The lowest BCUT2D eigenvalue weighted by Crippen LogP contribution is -1.90. The number of rotatable bonds is 1. The van der Waals surface area contributed by atoms with E-state index in [1.165, 1.54) is 12.1 Å². The van der Waals surface area contributed by atoms with Gasteiger partial charge in [0.05, 0.1) is 6.61 Å². The summed E-state index contributed by atoms with van der Waals surface area (Å²) in [4.78, 5) is 0. The van der Waals surface area contributed by atoms with Crippen molar-refractivity contribution in [3.63, 3.8) is 0 Å². The van der Waals surface area contributed by atoms with Gasteiger partial charge in [0, 0.05) is 5.56 Å². The maximum Gasteiger partial charge on any atom is 0.123 e. The van der Waals surface area contributed by atoms with Gasteiger partial charge < -0.3 is 5.11 Å². The van der Waals surface area contributed by atoms with E-state index in [0.717, 1.165) is 0 Å². The Hall–Kier alpha value is -1.33. The van der Waals surface area contributed by atoms with Crippen molar-refractivity contribution in [2.24, 2.45) is 0 Å². The number of hydrogen-bond donors (Lipinski definition) is 1. The van der Waals surface area contributed by atoms with E-state index < -0.39 is 0 Å². The van der Waals surface area contributed by atoms with Gasteiger partial charge in [0.2, 0.25) is 0 Å². The van der Waals surface area contributed by atoms with E-state index >= 15 is 0 Å². The first-order valence-electron chi connectivity index (χ1n) is 3.60. The number of aliphatic hydroxyl groups excluding tert-OH is 1. The van der Waals surface area contributed by atoms with Crippen molar-refractivity contribution >= 4 is 0 Å². The Morgan fingerprint density at radius 2 is 2.25 bits per heavy atom. The normalized spacial score (nSPS) is 8.92. The second-order valence-corrected chi connectivity index (χ2v) is 2.33. The molecule has 0 atom stereocenters. The van der Waals surface area contributed by atoms with E-state index in [4.69, 9.17) is 5.11 Å². The third-order valence-electron chi connectivity index (χ3n) is 1.50. The molecule has 0 amide bonds. The molecule has 0 radical (unpaired) electrons. The smallest absolute Gasteiger partial charge is 0.123 e. The van der Waals surface area contributed by atoms with Gasteiger partial charge >= 0.3 is 0 Å². The molecule has 0 bridgehead atoms. The largest absolute Gasteiger partial charge is 0.392 e. The fourth-order valence-corrected chi connectivity index (χ4v) is 0.950. The van der Waals surface area contributed by atoms with Gasteiger partial charge in [0.1, 0.15) is 5.82 Å². The van der Waals surface area contributed by atoms with Crippen LogP contribution in [-0.2, 0) is 6.61 Å². The van der Waals surface area contributed by atoms with E-state index in [9.17, 15) is 4.39 Å². The van der Waals surface area contributed by atoms with Crippen molar-refractivity contribution in [1.29, 1.82) is 0 Å². The molecule has 62 valence electrons. The zero-order chi connectivity index (χ0) is 8.97. The zero-order valence-corrected chi connectivity index (χ0v) is 6.76. The summed E-state index contributed by atoms with van der Waals surface area (Å²) in [5.74, 6) is 5.13. The van der Waals surface area contributed by atoms with Gasteiger partial charge in [-0.3, -0.25) is 0 Å². The highest BCUT2D eigenvalue weighted by Crippen LogP contribution is 2.09. The zero-order valence-electron chi connectivity index (χ0n) is 6.76. The summed E-state index contributed by atoms with van der Waals surface area (Å²) in [6.07, 6.45) is 0. The van der Waals surface area contributed by atoms with Crippen LogP contribution in [0.1, 0.15) is 18.1 Å². The highest BCUT2D eigenvalue weighted by Gasteiger charge is 1.99. The third-order valence-corrected chi connectivity index (χ3v) is 1.50. The second-order valence-electron chi connectivity index (χ2n) is 2.33. The van der Waals surface area contributed by atoms with Crippen LogP contribution in [0.4, 0.5) is 4.39 Å². The predicted octanol–water partition coefficient (Wildman–Crippen LogP) is 1.69. The summed E-state index contributed by atoms with van der Waals surface area (Å²) in [6, 6.07) is 4.19. The minimum atomic E-state index is -0.347. The molecule has 0 heterocycles. The van der Waals surface area contributed by atoms with Crippen LogP contribution >= 0.6 is 0 Å². The van der Waals surface area contributed by atoms with Gasteiger partial charge in [0.25, 0.3) is 0 Å². The fraction of sp³-hybridized carbons (Fsp3) is 0.200. The maximum absolute atomic E-state index is 12.6. The Balaban J connectivity index is 3.17. The lowest BCUT2D eigenvalue weighted by Gasteiger charge is -1.99. The Kier molecular flexibility index (Phi) is 2.84. The fourth-order valence-electron chi connectivity index (χ4n) is 0.950. The second kappa shape index (κ2) is 3.89. The summed E-state index contributed by atoms with van der Waals surface area (Å²) < 4.78 is 12.6. The monoisotopic (exact) mass is 164 g/mol. The number of halogens is 1. The molecule has 1 rings (SSSR count). The molecule has 0 aliphatic carbocycles. The van der Waals surface area contributed by atoms with Gasteiger partial charge in [-0.25, -0.2) is 4.39 Å². The number of benzene rings is 1. The van der Waals surface area contributed by atoms with Crippen molar-refractivity contribution < 1.29 is 9.50 Å². The molecular weight excluding hydrogens is 155 g/mol. The van der Waals surface area contributed by atoms with Gasteiger partial charge in [-0.1, -0.05) is 5.92 Å². The average molecular weight is 164 g/mol. The Morgan fingerprint density at radius 3 is 2.83 bits per heavy atom. The maximum atomic E-state index is 12.6. The quantitative estimate of drug-likeness (QED) is 0.626. The van der Waals surface area contributed by atoms with E-state index in [-0.39, 0.29) is 12.4 Å². The molecule has 1 aromatic rings. The first kappa shape index (κ1) is 8.76. The molecule has 0 saturated carbocycles. The summed E-state index contributed by atoms with van der Waals surface area (Å²) in [5.41, 5.74) is 1.21. The van der Waals surface area contributed by atoms with Gasteiger partial charge in [-0.2, -0.15) is 0 Å². The Labute approximate surface area is 70.9 Å². The third kappa shape index (κ3) is 1.84. The number of aliphatic hydroxyl groups is 1. The van der Waals surface area contributed by atoms with Crippen LogP contribution in [0.15, 0.2) is 18.2 Å². The average Bonchev–Trinajstić information content (AvgIpc) is 2.08. The molecule has 12 heavy (non-hydrogen) atoms. The summed E-state index contributed by atoms with van der Waals surface area (Å²) in [6.45, 7) is 1.52. The van der Waals surface area contributed by atoms with Gasteiger partial charge in [-0.05, 0) is 30.7 Å². The molecule has 0 aliphatic heterocycles. The molecule has 2 heteroatoms.